The van der Waals surface area contributed by atoms with Gasteiger partial charge in [-0.15, -0.1) is 0 Å². The molecule has 15 heavy (non-hydrogen) atoms. The van der Waals surface area contributed by atoms with Crippen molar-refractivity contribution < 1.29 is 19.1 Å². The summed E-state index contributed by atoms with van der Waals surface area (Å²) in [5.41, 5.74) is 0. The molecule has 0 aliphatic heterocycles. The van der Waals surface area contributed by atoms with Gasteiger partial charge in [0.15, 0.2) is 0 Å². The first kappa shape index (κ1) is 13.9. The number of amides is 2. The number of hydrogen-bond donors (Lipinski definition) is 2. The standard InChI is InChI=1S/C9H18N2O4/c1-3-10-8(12)6-11-9(13)7-15-5-4-14-2/h3-7H2,1-2H3,(H,10,12)(H,11,13). The minimum Gasteiger partial charge on any atom is -0.382 e. The highest BCUT2D eigenvalue weighted by atomic mass is 16.5. The molecule has 6 nitrogen and oxygen atoms in total. The van der Waals surface area contributed by atoms with Gasteiger partial charge in [0.05, 0.1) is 19.8 Å². The Hall–Kier alpha value is -1.14. The van der Waals surface area contributed by atoms with Crippen LogP contribution in [0.2, 0.25) is 0 Å². The molecule has 0 rings (SSSR count). The van der Waals surface area contributed by atoms with E-state index in [9.17, 15) is 9.59 Å². The first-order valence-corrected chi connectivity index (χ1v) is 4.80. The van der Waals surface area contributed by atoms with Crippen LogP contribution >= 0.6 is 0 Å². The van der Waals surface area contributed by atoms with Gasteiger partial charge in [-0.2, -0.15) is 0 Å². The zero-order valence-corrected chi connectivity index (χ0v) is 9.17. The van der Waals surface area contributed by atoms with Gasteiger partial charge >= 0.3 is 0 Å². The molecule has 2 amide bonds. The molecule has 0 saturated heterocycles. The van der Waals surface area contributed by atoms with Crippen LogP contribution < -0.4 is 10.6 Å². The second kappa shape index (κ2) is 9.42. The maximum Gasteiger partial charge on any atom is 0.246 e. The molecule has 88 valence electrons. The monoisotopic (exact) mass is 218 g/mol. The normalized spacial score (nSPS) is 9.73. The highest BCUT2D eigenvalue weighted by Gasteiger charge is 2.03. The second-order valence-electron chi connectivity index (χ2n) is 2.78. The quantitative estimate of drug-likeness (QED) is 0.507. The summed E-state index contributed by atoms with van der Waals surface area (Å²) in [6, 6.07) is 0. The largest absolute Gasteiger partial charge is 0.382 e. The highest BCUT2D eigenvalue weighted by Crippen LogP contribution is 1.76. The molecule has 0 spiro atoms. The summed E-state index contributed by atoms with van der Waals surface area (Å²) in [6.45, 7) is 3.12. The molecule has 0 aromatic carbocycles. The van der Waals surface area contributed by atoms with Crippen LogP contribution in [0.1, 0.15) is 6.92 Å². The van der Waals surface area contributed by atoms with Crippen molar-refractivity contribution in [1.82, 2.24) is 10.6 Å². The van der Waals surface area contributed by atoms with Crippen LogP contribution in [-0.2, 0) is 19.1 Å². The molecule has 0 aromatic rings. The lowest BCUT2D eigenvalue weighted by Crippen LogP contribution is -2.38. The highest BCUT2D eigenvalue weighted by molar-refractivity contribution is 5.85. The first-order valence-electron chi connectivity index (χ1n) is 4.80. The number of likely N-dealkylation sites (N-methyl/N-ethyl adjacent to an activating group) is 1. The minimum atomic E-state index is -0.308. The van der Waals surface area contributed by atoms with E-state index in [1.54, 1.807) is 7.11 Å². The molecule has 0 unspecified atom stereocenters. The molecule has 0 heterocycles. The Balaban J connectivity index is 3.36. The number of hydrogen-bond acceptors (Lipinski definition) is 4. The van der Waals surface area contributed by atoms with Gasteiger partial charge in [0.1, 0.15) is 6.61 Å². The third-order valence-corrected chi connectivity index (χ3v) is 1.49. The maximum atomic E-state index is 11.1. The van der Waals surface area contributed by atoms with E-state index in [2.05, 4.69) is 10.6 Å². The van der Waals surface area contributed by atoms with Crippen molar-refractivity contribution in [1.29, 1.82) is 0 Å². The first-order chi connectivity index (χ1) is 7.20. The molecule has 0 saturated carbocycles. The van der Waals surface area contributed by atoms with Crippen LogP contribution in [0.25, 0.3) is 0 Å². The van der Waals surface area contributed by atoms with Gasteiger partial charge < -0.3 is 20.1 Å². The predicted molar refractivity (Wildman–Crippen MR) is 54.4 cm³/mol. The van der Waals surface area contributed by atoms with Crippen molar-refractivity contribution in [2.24, 2.45) is 0 Å². The number of methoxy groups -OCH3 is 1. The minimum absolute atomic E-state index is 0.0136. The maximum absolute atomic E-state index is 11.1. The SMILES string of the molecule is CCNC(=O)CNC(=O)COCCOC. The van der Waals surface area contributed by atoms with Gasteiger partial charge in [-0.1, -0.05) is 0 Å². The molecule has 0 aliphatic carbocycles. The van der Waals surface area contributed by atoms with E-state index in [-0.39, 0.29) is 25.0 Å². The molecule has 0 aromatic heterocycles. The number of nitrogens with one attached hydrogen (secondary N) is 2. The molecule has 0 atom stereocenters. The van der Waals surface area contributed by atoms with Crippen molar-refractivity contribution >= 4 is 11.8 Å². The fraction of sp³-hybridized carbons (Fsp3) is 0.778. The zero-order valence-electron chi connectivity index (χ0n) is 9.17. The molecular formula is C9H18N2O4. The van der Waals surface area contributed by atoms with Gasteiger partial charge in [-0.3, -0.25) is 9.59 Å². The van der Waals surface area contributed by atoms with Crippen molar-refractivity contribution in [2.45, 2.75) is 6.92 Å². The molecule has 2 N–H and O–H groups in total. The molecule has 0 aliphatic rings. The van der Waals surface area contributed by atoms with Crippen LogP contribution in [0.4, 0.5) is 0 Å². The Morgan fingerprint density at radius 3 is 2.47 bits per heavy atom. The van der Waals surface area contributed by atoms with Gasteiger partial charge in [0.2, 0.25) is 11.8 Å². The fourth-order valence-corrected chi connectivity index (χ4v) is 0.797. The van der Waals surface area contributed by atoms with Crippen molar-refractivity contribution in [2.75, 3.05) is 40.0 Å². The molecule has 0 fully saturated rings. The van der Waals surface area contributed by atoms with E-state index >= 15 is 0 Å². The lowest BCUT2D eigenvalue weighted by Gasteiger charge is -2.05. The summed E-state index contributed by atoms with van der Waals surface area (Å²) in [6.07, 6.45) is 0. The number of ether oxygens (including phenoxy) is 2. The van der Waals surface area contributed by atoms with Gasteiger partial charge in [0, 0.05) is 13.7 Å². The third kappa shape index (κ3) is 9.17. The van der Waals surface area contributed by atoms with Crippen LogP contribution in [0.15, 0.2) is 0 Å². The van der Waals surface area contributed by atoms with Crippen molar-refractivity contribution in [3.8, 4) is 0 Å². The molecular weight excluding hydrogens is 200 g/mol. The molecule has 6 heteroatoms. The van der Waals surface area contributed by atoms with E-state index in [1.165, 1.54) is 0 Å². The third-order valence-electron chi connectivity index (χ3n) is 1.49. The molecule has 0 bridgehead atoms. The Bertz CT molecular complexity index is 197. The second-order valence-corrected chi connectivity index (χ2v) is 2.78. The van der Waals surface area contributed by atoms with Crippen LogP contribution in [-0.4, -0.2) is 51.8 Å². The summed E-state index contributed by atoms with van der Waals surface area (Å²) >= 11 is 0. The summed E-state index contributed by atoms with van der Waals surface area (Å²) in [4.78, 5) is 22.0. The van der Waals surface area contributed by atoms with E-state index in [0.29, 0.717) is 19.8 Å². The zero-order chi connectivity index (χ0) is 11.5. The summed E-state index contributed by atoms with van der Waals surface area (Å²) < 4.78 is 9.69. The van der Waals surface area contributed by atoms with Crippen LogP contribution in [0, 0.1) is 0 Å². The topological polar surface area (TPSA) is 76.7 Å². The molecule has 0 radical (unpaired) electrons. The van der Waals surface area contributed by atoms with Crippen molar-refractivity contribution in [3.63, 3.8) is 0 Å². The Kier molecular flexibility index (Phi) is 8.70. The Labute approximate surface area is 89.3 Å². The summed E-state index contributed by atoms with van der Waals surface area (Å²) in [7, 11) is 1.55. The fourth-order valence-electron chi connectivity index (χ4n) is 0.797. The van der Waals surface area contributed by atoms with Gasteiger partial charge in [-0.05, 0) is 6.92 Å². The van der Waals surface area contributed by atoms with Crippen molar-refractivity contribution in [3.05, 3.63) is 0 Å². The van der Waals surface area contributed by atoms with E-state index in [0.717, 1.165) is 0 Å². The smallest absolute Gasteiger partial charge is 0.246 e. The predicted octanol–water partition coefficient (Wildman–Crippen LogP) is -1.10. The lowest BCUT2D eigenvalue weighted by molar-refractivity contribution is -0.129. The van der Waals surface area contributed by atoms with Crippen LogP contribution in [0.3, 0.4) is 0 Å². The average Bonchev–Trinajstić information content (AvgIpc) is 2.22. The number of carbonyl (C=O) groups is 2. The Morgan fingerprint density at radius 2 is 1.87 bits per heavy atom. The number of rotatable bonds is 8. The van der Waals surface area contributed by atoms with E-state index < -0.39 is 0 Å². The van der Waals surface area contributed by atoms with E-state index in [4.69, 9.17) is 9.47 Å². The average molecular weight is 218 g/mol. The van der Waals surface area contributed by atoms with Gasteiger partial charge in [-0.25, -0.2) is 0 Å². The van der Waals surface area contributed by atoms with Gasteiger partial charge in [0.25, 0.3) is 0 Å². The number of carbonyl (C=O) groups excluding carboxylic acids is 2. The van der Waals surface area contributed by atoms with E-state index in [1.807, 2.05) is 6.92 Å². The Morgan fingerprint density at radius 1 is 1.13 bits per heavy atom. The lowest BCUT2D eigenvalue weighted by atomic mass is 10.5. The van der Waals surface area contributed by atoms with Crippen LogP contribution in [0.5, 0.6) is 0 Å². The summed E-state index contributed by atoms with van der Waals surface area (Å²) in [5.74, 6) is -0.514. The summed E-state index contributed by atoms with van der Waals surface area (Å²) in [5, 5.41) is 4.99.